The quantitative estimate of drug-likeness (QED) is 0.878. The van der Waals surface area contributed by atoms with Gasteiger partial charge >= 0.3 is 0 Å². The van der Waals surface area contributed by atoms with E-state index in [0.717, 1.165) is 5.56 Å². The third kappa shape index (κ3) is 2.79. The molecule has 4 nitrogen and oxygen atoms in total. The summed E-state index contributed by atoms with van der Waals surface area (Å²) in [5.74, 6) is 1.16. The number of aromatic nitrogens is 2. The molecule has 16 heavy (non-hydrogen) atoms. The molecule has 0 fully saturated rings. The number of hydrogen-bond acceptors (Lipinski definition) is 4. The molecule has 0 aliphatic heterocycles. The molecule has 0 radical (unpaired) electrons. The highest BCUT2D eigenvalue weighted by atomic mass is 127. The van der Waals surface area contributed by atoms with Gasteiger partial charge in [-0.05, 0) is 47.2 Å². The van der Waals surface area contributed by atoms with Crippen LogP contribution in [-0.4, -0.2) is 10.1 Å². The first kappa shape index (κ1) is 11.5. The third-order valence-corrected chi connectivity index (χ3v) is 2.87. The molecule has 0 spiro atoms. The monoisotopic (exact) mass is 329 g/mol. The van der Waals surface area contributed by atoms with E-state index < -0.39 is 0 Å². The summed E-state index contributed by atoms with van der Waals surface area (Å²) in [6.07, 6.45) is 0.674. The molecule has 2 rings (SSSR count). The van der Waals surface area contributed by atoms with Crippen molar-refractivity contribution in [2.45, 2.75) is 19.4 Å². The maximum Gasteiger partial charge on any atom is 0.243 e. The van der Waals surface area contributed by atoms with Gasteiger partial charge in [-0.3, -0.25) is 0 Å². The Bertz CT molecular complexity index is 464. The molecule has 0 aliphatic carbocycles. The number of rotatable bonds is 3. The lowest BCUT2D eigenvalue weighted by Gasteiger charge is -1.96. The summed E-state index contributed by atoms with van der Waals surface area (Å²) in [5.41, 5.74) is 6.81. The SMILES string of the molecule is C[C@H](N)c1nc(Cc2ccc(I)cc2)no1. The normalized spacial score (nSPS) is 12.7. The van der Waals surface area contributed by atoms with Crippen molar-refractivity contribution >= 4 is 22.6 Å². The molecular weight excluding hydrogens is 317 g/mol. The van der Waals surface area contributed by atoms with Gasteiger partial charge in [0.05, 0.1) is 6.04 Å². The van der Waals surface area contributed by atoms with Crippen LogP contribution in [0.1, 0.15) is 30.2 Å². The molecule has 2 N–H and O–H groups in total. The predicted molar refractivity (Wildman–Crippen MR) is 68.9 cm³/mol. The number of nitrogens with zero attached hydrogens (tertiary/aromatic N) is 2. The highest BCUT2D eigenvalue weighted by Crippen LogP contribution is 2.12. The molecule has 84 valence electrons. The van der Waals surface area contributed by atoms with E-state index in [1.54, 1.807) is 0 Å². The van der Waals surface area contributed by atoms with Gasteiger partial charge in [-0.25, -0.2) is 0 Å². The average Bonchev–Trinajstić information content (AvgIpc) is 2.70. The van der Waals surface area contributed by atoms with Crippen LogP contribution in [0.2, 0.25) is 0 Å². The molecule has 5 heteroatoms. The first-order chi connectivity index (χ1) is 7.65. The zero-order chi connectivity index (χ0) is 11.5. The average molecular weight is 329 g/mol. The van der Waals surface area contributed by atoms with Gasteiger partial charge in [0, 0.05) is 9.99 Å². The lowest BCUT2D eigenvalue weighted by molar-refractivity contribution is 0.358. The molecule has 0 unspecified atom stereocenters. The Morgan fingerprint density at radius 1 is 1.38 bits per heavy atom. The van der Waals surface area contributed by atoms with Gasteiger partial charge in [0.25, 0.3) is 0 Å². The summed E-state index contributed by atoms with van der Waals surface area (Å²) < 4.78 is 6.25. The van der Waals surface area contributed by atoms with E-state index in [1.807, 2.05) is 6.92 Å². The van der Waals surface area contributed by atoms with Crippen LogP contribution in [0.4, 0.5) is 0 Å². The van der Waals surface area contributed by atoms with Gasteiger partial charge in [0.1, 0.15) is 0 Å². The Morgan fingerprint density at radius 3 is 2.62 bits per heavy atom. The minimum Gasteiger partial charge on any atom is -0.338 e. The minimum absolute atomic E-state index is 0.210. The Hall–Kier alpha value is -0.950. The number of halogens is 1. The van der Waals surface area contributed by atoms with Gasteiger partial charge in [0.15, 0.2) is 5.82 Å². The van der Waals surface area contributed by atoms with E-state index in [2.05, 4.69) is 57.0 Å². The number of hydrogen-bond donors (Lipinski definition) is 1. The van der Waals surface area contributed by atoms with Crippen LogP contribution in [0.15, 0.2) is 28.8 Å². The second-order valence-corrected chi connectivity index (χ2v) is 4.89. The van der Waals surface area contributed by atoms with Crippen LogP contribution in [0.5, 0.6) is 0 Å². The Morgan fingerprint density at radius 2 is 2.06 bits per heavy atom. The molecular formula is C11H12IN3O. The van der Waals surface area contributed by atoms with Crippen molar-refractivity contribution in [1.29, 1.82) is 0 Å². The van der Waals surface area contributed by atoms with Crippen molar-refractivity contribution in [3.8, 4) is 0 Å². The van der Waals surface area contributed by atoms with Crippen molar-refractivity contribution in [1.82, 2.24) is 10.1 Å². The summed E-state index contributed by atoms with van der Waals surface area (Å²) in [6, 6.07) is 8.02. The van der Waals surface area contributed by atoms with Crippen LogP contribution < -0.4 is 5.73 Å². The second-order valence-electron chi connectivity index (χ2n) is 3.64. The Balaban J connectivity index is 2.11. The van der Waals surface area contributed by atoms with Crippen molar-refractivity contribution in [3.63, 3.8) is 0 Å². The van der Waals surface area contributed by atoms with Crippen molar-refractivity contribution in [2.24, 2.45) is 5.73 Å². The van der Waals surface area contributed by atoms with Crippen molar-refractivity contribution < 1.29 is 4.52 Å². The highest BCUT2D eigenvalue weighted by Gasteiger charge is 2.10. The van der Waals surface area contributed by atoms with Gasteiger partial charge in [-0.15, -0.1) is 0 Å². The topological polar surface area (TPSA) is 64.9 Å². The first-order valence-corrected chi connectivity index (χ1v) is 6.05. The molecule has 0 bridgehead atoms. The summed E-state index contributed by atoms with van der Waals surface area (Å²) >= 11 is 2.27. The van der Waals surface area contributed by atoms with Crippen molar-refractivity contribution in [3.05, 3.63) is 45.1 Å². The molecule has 0 aliphatic rings. The van der Waals surface area contributed by atoms with Crippen LogP contribution in [-0.2, 0) is 6.42 Å². The second kappa shape index (κ2) is 4.92. The molecule has 1 heterocycles. The maximum absolute atomic E-state index is 5.64. The lowest BCUT2D eigenvalue weighted by atomic mass is 10.1. The van der Waals surface area contributed by atoms with E-state index in [1.165, 1.54) is 3.57 Å². The van der Waals surface area contributed by atoms with E-state index in [4.69, 9.17) is 10.3 Å². The number of benzene rings is 1. The van der Waals surface area contributed by atoms with Gasteiger partial charge in [-0.1, -0.05) is 17.3 Å². The zero-order valence-corrected chi connectivity index (χ0v) is 11.0. The fourth-order valence-electron chi connectivity index (χ4n) is 1.31. The largest absolute Gasteiger partial charge is 0.338 e. The molecule has 1 aromatic heterocycles. The Labute approximate surface area is 107 Å². The van der Waals surface area contributed by atoms with Gasteiger partial charge in [0.2, 0.25) is 5.89 Å². The molecule has 0 saturated carbocycles. The van der Waals surface area contributed by atoms with Gasteiger partial charge in [-0.2, -0.15) is 4.98 Å². The Kier molecular flexibility index (Phi) is 3.55. The van der Waals surface area contributed by atoms with Crippen LogP contribution in [0.25, 0.3) is 0 Å². The fraction of sp³-hybridized carbons (Fsp3) is 0.273. The van der Waals surface area contributed by atoms with Crippen LogP contribution in [0.3, 0.4) is 0 Å². The number of nitrogens with two attached hydrogens (primary N) is 1. The molecule has 1 atom stereocenters. The molecule has 0 saturated heterocycles. The molecule has 1 aromatic carbocycles. The first-order valence-electron chi connectivity index (χ1n) is 4.97. The third-order valence-electron chi connectivity index (χ3n) is 2.15. The zero-order valence-electron chi connectivity index (χ0n) is 8.85. The van der Waals surface area contributed by atoms with Crippen molar-refractivity contribution in [2.75, 3.05) is 0 Å². The van der Waals surface area contributed by atoms with E-state index in [9.17, 15) is 0 Å². The maximum atomic E-state index is 5.64. The molecule has 2 aromatic rings. The smallest absolute Gasteiger partial charge is 0.243 e. The fourth-order valence-corrected chi connectivity index (χ4v) is 1.67. The van der Waals surface area contributed by atoms with Crippen LogP contribution >= 0.6 is 22.6 Å². The lowest BCUT2D eigenvalue weighted by Crippen LogP contribution is -2.05. The summed E-state index contributed by atoms with van der Waals surface area (Å²) in [7, 11) is 0. The predicted octanol–water partition coefficient (Wildman–Crippen LogP) is 2.28. The standard InChI is InChI=1S/C11H12IN3O/c1-7(13)11-14-10(15-16-11)6-8-2-4-9(12)5-3-8/h2-5,7H,6,13H2,1H3/t7-/m0/s1. The minimum atomic E-state index is -0.210. The summed E-state index contributed by atoms with van der Waals surface area (Å²) in [6.45, 7) is 1.82. The van der Waals surface area contributed by atoms with Crippen LogP contribution in [0, 0.1) is 3.57 Å². The highest BCUT2D eigenvalue weighted by molar-refractivity contribution is 14.1. The van der Waals surface area contributed by atoms with E-state index in [-0.39, 0.29) is 6.04 Å². The van der Waals surface area contributed by atoms with E-state index >= 15 is 0 Å². The summed E-state index contributed by atoms with van der Waals surface area (Å²) in [5, 5.41) is 3.89. The summed E-state index contributed by atoms with van der Waals surface area (Å²) in [4.78, 5) is 4.22. The van der Waals surface area contributed by atoms with Gasteiger partial charge < -0.3 is 10.3 Å². The molecule has 0 amide bonds. The van der Waals surface area contributed by atoms with E-state index in [0.29, 0.717) is 18.1 Å².